The Hall–Kier alpha value is 0.597. The van der Waals surface area contributed by atoms with Crippen LogP contribution in [0.25, 0.3) is 0 Å². The number of aryl methyl sites for hydroxylation is 2. The van der Waals surface area contributed by atoms with Crippen molar-refractivity contribution in [1.82, 2.24) is 0 Å². The third-order valence-corrected chi connectivity index (χ3v) is 9.09. The van der Waals surface area contributed by atoms with Crippen LogP contribution in [0.15, 0.2) is 36.4 Å². The minimum atomic E-state index is -1.05. The van der Waals surface area contributed by atoms with Crippen molar-refractivity contribution in [2.24, 2.45) is 0 Å². The molecule has 0 unspecified atom stereocenters. The molecule has 2 aromatic carbocycles. The van der Waals surface area contributed by atoms with E-state index in [9.17, 15) is 0 Å². The van der Waals surface area contributed by atoms with Crippen LogP contribution >= 0.6 is 0 Å². The molecule has 0 bridgehead atoms. The van der Waals surface area contributed by atoms with E-state index in [4.69, 9.17) is 0 Å². The van der Waals surface area contributed by atoms with Crippen molar-refractivity contribution in [3.63, 3.8) is 0 Å². The number of hydrogen-bond donors (Lipinski definition) is 0. The summed E-state index contributed by atoms with van der Waals surface area (Å²) in [6.45, 7) is 19.0. The summed E-state index contributed by atoms with van der Waals surface area (Å²) in [5, 5.41) is 3.22. The van der Waals surface area contributed by atoms with E-state index in [0.29, 0.717) is 0 Å². The molecule has 0 aliphatic rings. The summed E-state index contributed by atoms with van der Waals surface area (Å²) in [6.07, 6.45) is 7.78. The number of hydrogen-bond acceptors (Lipinski definition) is 0. The fourth-order valence-corrected chi connectivity index (χ4v) is 5.39. The molecule has 0 amide bonds. The molecule has 0 fully saturated rings. The van der Waals surface area contributed by atoms with Crippen molar-refractivity contribution in [2.45, 2.75) is 91.7 Å². The fraction of sp³-hybridized carbons (Fsp3) is 0.583. The van der Waals surface area contributed by atoms with E-state index in [2.05, 4.69) is 89.5 Å². The zero-order chi connectivity index (χ0) is 19.8. The van der Waals surface area contributed by atoms with Crippen molar-refractivity contribution in [3.8, 4) is 0 Å². The molecule has 0 radical (unpaired) electrons. The van der Waals surface area contributed by atoms with Crippen LogP contribution in [0.5, 0.6) is 0 Å². The van der Waals surface area contributed by atoms with Crippen molar-refractivity contribution >= 4 is 26.5 Å². The third-order valence-electron chi connectivity index (χ3n) is 5.01. The smallest absolute Gasteiger partial charge is 1.00 e. The van der Waals surface area contributed by atoms with E-state index < -0.39 is 16.1 Å². The average Bonchev–Trinajstić information content (AvgIpc) is 3.20. The van der Waals surface area contributed by atoms with Crippen LogP contribution in [-0.4, -0.2) is 16.1 Å². The largest absolute Gasteiger partial charge is 4.00 e. The van der Waals surface area contributed by atoms with Gasteiger partial charge in [-0.2, -0.15) is 35.4 Å². The van der Waals surface area contributed by atoms with Gasteiger partial charge in [0.05, 0.1) is 0 Å². The average molecular weight is 549 g/mol. The van der Waals surface area contributed by atoms with E-state index in [1.54, 1.807) is 21.5 Å². The van der Waals surface area contributed by atoms with E-state index in [0.717, 1.165) is 0 Å². The molecule has 0 nitrogen and oxygen atoms in total. The molecule has 0 spiro atoms. The Morgan fingerprint density at radius 2 is 0.966 bits per heavy atom. The summed E-state index contributed by atoms with van der Waals surface area (Å²) in [6, 6.07) is 14.1. The van der Waals surface area contributed by atoms with E-state index in [1.807, 2.05) is 0 Å². The Labute approximate surface area is 215 Å². The van der Waals surface area contributed by atoms with Crippen molar-refractivity contribution in [3.05, 3.63) is 47.5 Å². The van der Waals surface area contributed by atoms with E-state index in [1.165, 1.54) is 38.5 Å². The Balaban J connectivity index is -0.000000422. The maximum Gasteiger partial charge on any atom is 4.00 e. The van der Waals surface area contributed by atoms with Crippen LogP contribution in [0.3, 0.4) is 0 Å². The van der Waals surface area contributed by atoms with Crippen molar-refractivity contribution in [1.29, 1.82) is 0 Å². The summed E-state index contributed by atoms with van der Waals surface area (Å²) in [7, 11) is -2.10. The van der Waals surface area contributed by atoms with Gasteiger partial charge in [-0.05, 0) is 0 Å². The first-order valence-electron chi connectivity index (χ1n) is 10.6. The van der Waals surface area contributed by atoms with Crippen LogP contribution in [0.2, 0.25) is 39.3 Å². The first-order chi connectivity index (χ1) is 12.1. The van der Waals surface area contributed by atoms with Crippen LogP contribution in [0.1, 0.15) is 50.7 Å². The molecule has 0 heterocycles. The topological polar surface area (TPSA) is 0 Å². The Morgan fingerprint density at radius 3 is 1.17 bits per heavy atom. The summed E-state index contributed by atoms with van der Waals surface area (Å²) < 4.78 is 0. The van der Waals surface area contributed by atoms with Gasteiger partial charge in [-0.3, -0.25) is 0 Å². The third kappa shape index (κ3) is 13.6. The number of halogens is 2. The van der Waals surface area contributed by atoms with Gasteiger partial charge in [0.1, 0.15) is 0 Å². The molecule has 0 aliphatic carbocycles. The molecule has 5 heteroatoms. The first-order valence-corrected chi connectivity index (χ1v) is 17.6. The van der Waals surface area contributed by atoms with Gasteiger partial charge in [0.25, 0.3) is 0 Å². The standard InChI is InChI=1S/2C12H21Si.2ClH.Zr/c2*1-5-6-7-11-8-9-12(10-11)13(2,3)4;;;/h2*8-10H,5-7H2,1-4H3;2*1H;/q2*-1;;;+4/p-2. The van der Waals surface area contributed by atoms with Crippen LogP contribution in [-0.2, 0) is 39.0 Å². The normalized spacial score (nSPS) is 10.8. The molecule has 2 aromatic rings. The van der Waals surface area contributed by atoms with Crippen LogP contribution in [0, 0.1) is 0 Å². The quantitative estimate of drug-likeness (QED) is 0.335. The fourth-order valence-electron chi connectivity index (χ4n) is 2.99. The van der Waals surface area contributed by atoms with Gasteiger partial charge in [0.2, 0.25) is 0 Å². The zero-order valence-electron chi connectivity index (χ0n) is 20.0. The molecule has 0 aromatic heterocycles. The predicted molar refractivity (Wildman–Crippen MR) is 127 cm³/mol. The summed E-state index contributed by atoms with van der Waals surface area (Å²) in [4.78, 5) is 0. The summed E-state index contributed by atoms with van der Waals surface area (Å²) >= 11 is 0. The molecule has 0 saturated heterocycles. The second kappa shape index (κ2) is 16.3. The maximum absolute atomic E-state index is 2.42. The number of rotatable bonds is 8. The predicted octanol–water partition coefficient (Wildman–Crippen LogP) is 0.592. The molecule has 0 N–H and O–H groups in total. The minimum absolute atomic E-state index is 0. The second-order valence-corrected chi connectivity index (χ2v) is 19.9. The first kappa shape index (κ1) is 34.2. The Bertz CT molecular complexity index is 578. The molecule has 29 heavy (non-hydrogen) atoms. The maximum atomic E-state index is 2.42. The Morgan fingerprint density at radius 1 is 0.655 bits per heavy atom. The zero-order valence-corrected chi connectivity index (χ0v) is 25.9. The molecule has 164 valence electrons. The molecule has 2 rings (SSSR count). The monoisotopic (exact) mass is 546 g/mol. The van der Waals surface area contributed by atoms with Gasteiger partial charge in [-0.25, -0.2) is 22.5 Å². The summed E-state index contributed by atoms with van der Waals surface area (Å²) in [5.74, 6) is 0. The number of unbranched alkanes of at least 4 members (excludes halogenated alkanes) is 2. The molecule has 0 atom stereocenters. The molecular formula is C24H42Cl2Si2Zr. The van der Waals surface area contributed by atoms with Crippen LogP contribution < -0.4 is 35.2 Å². The van der Waals surface area contributed by atoms with Gasteiger partial charge in [0.15, 0.2) is 0 Å². The Kier molecular flexibility index (Phi) is 19.2. The van der Waals surface area contributed by atoms with Crippen molar-refractivity contribution < 1.29 is 51.0 Å². The van der Waals surface area contributed by atoms with Crippen LogP contribution in [0.4, 0.5) is 0 Å². The van der Waals surface area contributed by atoms with Crippen molar-refractivity contribution in [2.75, 3.05) is 0 Å². The van der Waals surface area contributed by atoms with Gasteiger partial charge in [-0.1, -0.05) is 91.7 Å². The summed E-state index contributed by atoms with van der Waals surface area (Å²) in [5.41, 5.74) is 3.08. The SMILES string of the molecule is CCCC[c-]1ccc([Si](C)(C)C)c1.CCCC[c-]1ccc([Si](C)(C)C)c1.[Cl-].[Cl-].[Zr+4]. The molecule has 0 aliphatic heterocycles. The van der Waals surface area contributed by atoms with Gasteiger partial charge in [0, 0.05) is 16.1 Å². The van der Waals surface area contributed by atoms with E-state index in [-0.39, 0.29) is 51.0 Å². The molecular weight excluding hydrogens is 507 g/mol. The second-order valence-electron chi connectivity index (χ2n) is 9.72. The van der Waals surface area contributed by atoms with Gasteiger partial charge >= 0.3 is 26.2 Å². The molecule has 0 saturated carbocycles. The van der Waals surface area contributed by atoms with E-state index >= 15 is 0 Å². The van der Waals surface area contributed by atoms with Gasteiger partial charge < -0.3 is 24.8 Å². The minimum Gasteiger partial charge on any atom is -1.00 e. The van der Waals surface area contributed by atoms with Gasteiger partial charge in [-0.15, -0.1) is 0 Å².